The van der Waals surface area contributed by atoms with E-state index in [0.717, 1.165) is 0 Å². The number of aliphatic imine (C=N–C) groups is 1. The molecule has 0 bridgehead atoms. The number of hydrogen-bond donors (Lipinski definition) is 14. The number of hydrogen-bond acceptors (Lipinski definition) is 15. The lowest BCUT2D eigenvalue weighted by Gasteiger charge is -2.32. The van der Waals surface area contributed by atoms with E-state index in [1.54, 1.807) is 27.7 Å². The van der Waals surface area contributed by atoms with Crippen molar-refractivity contribution in [3.8, 4) is 0 Å². The van der Waals surface area contributed by atoms with Gasteiger partial charge >= 0.3 is 5.97 Å². The first-order valence-corrected chi connectivity index (χ1v) is 27.6. The number of nitrogens with two attached hydrogens (primary N) is 3. The molecule has 4 rings (SSSR count). The summed E-state index contributed by atoms with van der Waals surface area (Å²) in [6, 6.07) is -12.3. The molecular formula is C52H85N17O12. The minimum Gasteiger partial charge on any atom is -0.480 e. The van der Waals surface area contributed by atoms with Crippen molar-refractivity contribution in [2.75, 3.05) is 19.6 Å². The van der Waals surface area contributed by atoms with Crippen LogP contribution in [0.1, 0.15) is 118 Å². The van der Waals surface area contributed by atoms with E-state index in [0.29, 0.717) is 24.2 Å². The molecule has 11 atom stereocenters. The molecule has 17 N–H and O–H groups in total. The molecule has 0 spiro atoms. The van der Waals surface area contributed by atoms with Crippen molar-refractivity contribution in [1.29, 1.82) is 0 Å². The summed E-state index contributed by atoms with van der Waals surface area (Å²) in [5.74, 6) is -8.52. The second-order valence-corrected chi connectivity index (χ2v) is 22.0. The molecule has 0 aromatic carbocycles. The summed E-state index contributed by atoms with van der Waals surface area (Å²) in [6.45, 7) is 13.7. The van der Waals surface area contributed by atoms with Gasteiger partial charge in [0.1, 0.15) is 54.4 Å². The van der Waals surface area contributed by atoms with Crippen molar-refractivity contribution in [2.24, 2.45) is 39.9 Å². The zero-order valence-corrected chi connectivity index (χ0v) is 47.5. The van der Waals surface area contributed by atoms with Crippen LogP contribution in [0.25, 0.3) is 0 Å². The molecule has 2 aromatic rings. The van der Waals surface area contributed by atoms with Gasteiger partial charge in [0.25, 0.3) is 0 Å². The predicted molar refractivity (Wildman–Crippen MR) is 294 cm³/mol. The monoisotopic (exact) mass is 1140 g/mol. The number of carbonyl (C=O) groups excluding carboxylic acids is 9. The second-order valence-electron chi connectivity index (χ2n) is 22.0. The fourth-order valence-corrected chi connectivity index (χ4v) is 9.51. The van der Waals surface area contributed by atoms with E-state index in [1.165, 1.54) is 48.7 Å². The topological polar surface area (TPSA) is 450 Å². The van der Waals surface area contributed by atoms with Crippen molar-refractivity contribution in [1.82, 2.24) is 67.0 Å². The SMILES string of the molecule is CC(C)C[C@H](NC(=O)[C@H](C)NC(=O)[C@H](CCCN=C(N)N)NC(=O)[C@@H]1CCCN1C(=O)[C@H](CC(C)C)NC(=O)[C@H](Cc1cnc[nH]1)NC(=O)[C@@H]1CCCN1C(=O)[C@H](Cc1cnc[nH]1)NC(=O)[C@@H](NC(=O)[C@@H](N)C(C)C)[C@@H](C)O)C(=O)O. The number of nitrogens with one attached hydrogen (secondary N) is 9. The van der Waals surface area contributed by atoms with Gasteiger partial charge in [-0.05, 0) is 83.0 Å². The number of carboxylic acid groups (broad SMARTS) is 1. The Morgan fingerprint density at radius 1 is 0.630 bits per heavy atom. The van der Waals surface area contributed by atoms with Crippen LogP contribution in [-0.4, -0.2) is 191 Å². The number of H-pyrrole nitrogens is 2. The number of likely N-dealkylation sites (tertiary alicyclic amines) is 2. The van der Waals surface area contributed by atoms with Crippen LogP contribution in [-0.2, 0) is 60.8 Å². The highest BCUT2D eigenvalue weighted by Gasteiger charge is 2.43. The van der Waals surface area contributed by atoms with Crippen molar-refractivity contribution in [3.63, 3.8) is 0 Å². The van der Waals surface area contributed by atoms with E-state index in [-0.39, 0.29) is 94.7 Å². The van der Waals surface area contributed by atoms with Gasteiger partial charge in [-0.2, -0.15) is 0 Å². The number of guanidine groups is 1. The van der Waals surface area contributed by atoms with Gasteiger partial charge in [-0.25, -0.2) is 14.8 Å². The van der Waals surface area contributed by atoms with Gasteiger partial charge in [-0.3, -0.25) is 48.1 Å². The molecule has 2 aromatic heterocycles. The maximum atomic E-state index is 14.7. The predicted octanol–water partition coefficient (Wildman–Crippen LogP) is -3.09. The molecule has 81 heavy (non-hydrogen) atoms. The van der Waals surface area contributed by atoms with Gasteiger partial charge in [0.2, 0.25) is 53.2 Å². The molecule has 4 heterocycles. The highest BCUT2D eigenvalue weighted by Crippen LogP contribution is 2.23. The van der Waals surface area contributed by atoms with E-state index in [4.69, 9.17) is 17.2 Å². The number of aromatic nitrogens is 4. The fraction of sp³-hybridized carbons (Fsp3) is 0.673. The highest BCUT2D eigenvalue weighted by atomic mass is 16.4. The van der Waals surface area contributed by atoms with Crippen LogP contribution in [0.4, 0.5) is 0 Å². The van der Waals surface area contributed by atoms with Crippen LogP contribution < -0.4 is 54.4 Å². The van der Waals surface area contributed by atoms with Gasteiger partial charge in [-0.15, -0.1) is 0 Å². The van der Waals surface area contributed by atoms with E-state index < -0.39 is 126 Å². The Labute approximate surface area is 471 Å². The Hall–Kier alpha value is -7.69. The minimum atomic E-state index is -1.50. The van der Waals surface area contributed by atoms with Crippen LogP contribution in [0.15, 0.2) is 30.0 Å². The molecule has 29 nitrogen and oxygen atoms in total. The zero-order valence-electron chi connectivity index (χ0n) is 47.5. The first kappa shape index (κ1) is 65.8. The Balaban J connectivity index is 1.54. The Kier molecular flexibility index (Phi) is 25.5. The lowest BCUT2D eigenvalue weighted by molar-refractivity contribution is -0.144. The van der Waals surface area contributed by atoms with E-state index in [2.05, 4.69) is 62.1 Å². The summed E-state index contributed by atoms with van der Waals surface area (Å²) in [6.07, 6.45) is 5.59. The average molecular weight is 1140 g/mol. The van der Waals surface area contributed by atoms with E-state index in [1.807, 2.05) is 13.8 Å². The van der Waals surface area contributed by atoms with E-state index in [9.17, 15) is 58.2 Å². The number of aliphatic hydroxyl groups excluding tert-OH is 1. The number of aromatic amines is 2. The average Bonchev–Trinajstić information content (AvgIpc) is 4.34. The van der Waals surface area contributed by atoms with E-state index >= 15 is 0 Å². The Morgan fingerprint density at radius 2 is 1.11 bits per heavy atom. The van der Waals surface area contributed by atoms with Crippen LogP contribution in [0.5, 0.6) is 0 Å². The Morgan fingerprint density at radius 3 is 1.59 bits per heavy atom. The number of aliphatic carboxylic acids is 1. The summed E-state index contributed by atoms with van der Waals surface area (Å²) in [7, 11) is 0. The molecule has 2 aliphatic rings. The number of carbonyl (C=O) groups is 10. The molecule has 2 aliphatic heterocycles. The van der Waals surface area contributed by atoms with Crippen LogP contribution in [0, 0.1) is 17.8 Å². The zero-order chi connectivity index (χ0) is 60.2. The van der Waals surface area contributed by atoms with Crippen molar-refractivity contribution >= 4 is 65.1 Å². The first-order chi connectivity index (χ1) is 38.2. The summed E-state index contributed by atoms with van der Waals surface area (Å²) in [5, 5.41) is 38.7. The van der Waals surface area contributed by atoms with Gasteiger partial charge in [0.15, 0.2) is 5.96 Å². The second kappa shape index (κ2) is 31.3. The third-order valence-electron chi connectivity index (χ3n) is 13.9. The molecule has 2 fully saturated rings. The maximum absolute atomic E-state index is 14.7. The third-order valence-corrected chi connectivity index (χ3v) is 13.9. The van der Waals surface area contributed by atoms with Crippen molar-refractivity contribution in [2.45, 2.75) is 186 Å². The number of carboxylic acids is 1. The molecule has 0 saturated carbocycles. The number of amides is 9. The lowest BCUT2D eigenvalue weighted by atomic mass is 10.0. The number of aliphatic hydroxyl groups is 1. The van der Waals surface area contributed by atoms with Crippen molar-refractivity contribution in [3.05, 3.63) is 36.4 Å². The quantitative estimate of drug-likeness (QED) is 0.0202. The molecule has 0 aliphatic carbocycles. The normalized spacial score (nSPS) is 18.5. The van der Waals surface area contributed by atoms with Crippen LogP contribution in [0.2, 0.25) is 0 Å². The first-order valence-electron chi connectivity index (χ1n) is 27.6. The van der Waals surface area contributed by atoms with Gasteiger partial charge in [0, 0.05) is 56.3 Å². The largest absolute Gasteiger partial charge is 0.480 e. The lowest BCUT2D eigenvalue weighted by Crippen LogP contribution is -2.61. The standard InChI is InChI=1S/C52H85N17O12/c1-26(2)18-35(49(78)68-16-10-13-38(68)45(74)62-33(12-9-15-58-52(54)55)43(72)61-29(7)42(71)66-37(51(80)81)19-27(3)4)64-44(73)34(20-31-22-56-24-59-31)63-46(75)39-14-11-17-69(39)50(79)36(21-32-23-57-25-60-32)65-48(77)41(30(8)70)67-47(76)40(53)28(5)6/h22-30,33-41,70H,9-21,53H2,1-8H3,(H,56,59)(H,57,60)(H,61,72)(H,62,74)(H,63,75)(H,64,73)(H,65,77)(H,66,71)(H,67,76)(H,80,81)(H4,54,55,58)/t29-,30+,33-,34-,35-,36-,37-,38-,39-,40-,41-/m0/s1. The molecule has 9 amide bonds. The highest BCUT2D eigenvalue weighted by molar-refractivity contribution is 5.99. The summed E-state index contributed by atoms with van der Waals surface area (Å²) >= 11 is 0. The molecule has 0 unspecified atom stereocenters. The molecular weight excluding hydrogens is 1050 g/mol. The summed E-state index contributed by atoms with van der Waals surface area (Å²) in [5.41, 5.74) is 17.9. The number of nitrogens with zero attached hydrogens (tertiary/aromatic N) is 5. The molecule has 29 heteroatoms. The van der Waals surface area contributed by atoms with Crippen molar-refractivity contribution < 1.29 is 58.2 Å². The fourth-order valence-electron chi connectivity index (χ4n) is 9.51. The van der Waals surface area contributed by atoms with Gasteiger partial charge in [0.05, 0.1) is 24.8 Å². The minimum absolute atomic E-state index is 0.00106. The van der Waals surface area contributed by atoms with Gasteiger partial charge in [-0.1, -0.05) is 41.5 Å². The summed E-state index contributed by atoms with van der Waals surface area (Å²) < 4.78 is 0. The summed E-state index contributed by atoms with van der Waals surface area (Å²) in [4.78, 5) is 158. The number of imidazole rings is 2. The van der Waals surface area contributed by atoms with Gasteiger partial charge < -0.3 is 84.4 Å². The molecule has 0 radical (unpaired) electrons. The number of rotatable bonds is 31. The van der Waals surface area contributed by atoms with Crippen LogP contribution >= 0.6 is 0 Å². The van der Waals surface area contributed by atoms with Crippen LogP contribution in [0.3, 0.4) is 0 Å². The maximum Gasteiger partial charge on any atom is 0.326 e. The smallest absolute Gasteiger partial charge is 0.326 e. The molecule has 2 saturated heterocycles. The molecule has 450 valence electrons. The Bertz CT molecular complexity index is 2480. The third kappa shape index (κ3) is 20.1.